The van der Waals surface area contributed by atoms with E-state index in [0.717, 1.165) is 31.0 Å². The van der Waals surface area contributed by atoms with Crippen molar-refractivity contribution in [3.8, 4) is 0 Å². The molecule has 0 spiro atoms. The van der Waals surface area contributed by atoms with Crippen molar-refractivity contribution >= 4 is 41.9 Å². The van der Waals surface area contributed by atoms with Gasteiger partial charge in [-0.2, -0.15) is 0 Å². The summed E-state index contributed by atoms with van der Waals surface area (Å²) in [5.41, 5.74) is 4.98. The maximum atomic E-state index is 5.09. The highest BCUT2D eigenvalue weighted by atomic mass is 35.5. The van der Waals surface area contributed by atoms with Gasteiger partial charge < -0.3 is 4.90 Å². The van der Waals surface area contributed by atoms with E-state index >= 15 is 0 Å². The molecule has 2 aromatic carbocycles. The molecule has 0 bridgehead atoms. The number of halogens is 2. The van der Waals surface area contributed by atoms with Crippen LogP contribution in [0, 0.1) is 0 Å². The van der Waals surface area contributed by atoms with Crippen LogP contribution in [-0.4, -0.2) is 23.8 Å². The van der Waals surface area contributed by atoms with Crippen molar-refractivity contribution in [3.63, 3.8) is 0 Å². The Labute approximate surface area is 162 Å². The molecule has 0 aliphatic carbocycles. The number of hydrogen-bond acceptors (Lipinski definition) is 2. The molecular formula is C21H24Cl2N2. The van der Waals surface area contributed by atoms with Gasteiger partial charge in [-0.3, -0.25) is 0 Å². The number of nitrogens with zero attached hydrogens (tertiary/aromatic N) is 2. The van der Waals surface area contributed by atoms with Crippen LogP contribution in [0.4, 0.5) is 5.69 Å². The minimum atomic E-state index is 0. The number of rotatable bonds is 1. The summed E-state index contributed by atoms with van der Waals surface area (Å²) in [6.45, 7) is 2.23. The lowest BCUT2D eigenvalue weighted by Gasteiger charge is -2.31. The lowest BCUT2D eigenvalue weighted by Crippen LogP contribution is -2.36. The second-order valence-corrected chi connectivity index (χ2v) is 6.30. The Morgan fingerprint density at radius 1 is 0.760 bits per heavy atom. The van der Waals surface area contributed by atoms with Gasteiger partial charge >= 0.3 is 0 Å². The first-order valence-corrected chi connectivity index (χ1v) is 8.59. The quantitative estimate of drug-likeness (QED) is 0.626. The maximum absolute atomic E-state index is 5.09. The average molecular weight is 375 g/mol. The molecule has 4 rings (SSSR count). The number of fused-ring (bicyclic) bond motifs is 1. The van der Waals surface area contributed by atoms with E-state index < -0.39 is 0 Å². The van der Waals surface area contributed by atoms with Crippen LogP contribution in [0.5, 0.6) is 0 Å². The zero-order chi connectivity index (χ0) is 15.5. The first-order valence-electron chi connectivity index (χ1n) is 8.59. The second-order valence-electron chi connectivity index (χ2n) is 6.30. The monoisotopic (exact) mass is 374 g/mol. The molecule has 0 atom stereocenters. The lowest BCUT2D eigenvalue weighted by molar-refractivity contribution is 0.345. The van der Waals surface area contributed by atoms with Crippen LogP contribution >= 0.6 is 24.8 Å². The Hall–Kier alpha value is -1.77. The largest absolute Gasteiger partial charge is 0.356 e. The van der Waals surface area contributed by atoms with Crippen molar-refractivity contribution in [1.29, 1.82) is 0 Å². The fourth-order valence-electron chi connectivity index (χ4n) is 3.48. The number of allylic oxidation sites excluding steroid dienone is 1. The van der Waals surface area contributed by atoms with Crippen molar-refractivity contribution in [2.75, 3.05) is 13.1 Å². The van der Waals surface area contributed by atoms with E-state index in [9.17, 15) is 0 Å². The van der Waals surface area contributed by atoms with Gasteiger partial charge in [0.2, 0.25) is 0 Å². The summed E-state index contributed by atoms with van der Waals surface area (Å²) < 4.78 is 0. The number of piperidine rings is 1. The number of benzene rings is 2. The van der Waals surface area contributed by atoms with Gasteiger partial charge in [-0.05, 0) is 42.9 Å². The van der Waals surface area contributed by atoms with Crippen molar-refractivity contribution in [3.05, 3.63) is 71.8 Å². The first-order chi connectivity index (χ1) is 11.4. The normalized spacial score (nSPS) is 16.4. The minimum absolute atomic E-state index is 0. The highest BCUT2D eigenvalue weighted by Gasteiger charge is 2.21. The summed E-state index contributed by atoms with van der Waals surface area (Å²) in [5, 5.41) is 0. The van der Waals surface area contributed by atoms with Crippen LogP contribution in [0.25, 0.3) is 5.57 Å². The molecule has 0 radical (unpaired) electrons. The van der Waals surface area contributed by atoms with Crippen LogP contribution in [0.2, 0.25) is 0 Å². The molecule has 0 N–H and O–H groups in total. The molecule has 0 saturated carbocycles. The Bertz CT molecular complexity index is 748. The zero-order valence-corrected chi connectivity index (χ0v) is 15.9. The van der Waals surface area contributed by atoms with Gasteiger partial charge in [0, 0.05) is 18.7 Å². The van der Waals surface area contributed by atoms with Crippen LogP contribution in [0.1, 0.15) is 30.4 Å². The third-order valence-corrected chi connectivity index (χ3v) is 4.73. The maximum Gasteiger partial charge on any atom is 0.136 e. The van der Waals surface area contributed by atoms with Gasteiger partial charge in [-0.25, -0.2) is 4.99 Å². The van der Waals surface area contributed by atoms with Crippen LogP contribution in [0.15, 0.2) is 65.7 Å². The topological polar surface area (TPSA) is 15.6 Å². The number of amidine groups is 1. The van der Waals surface area contributed by atoms with Gasteiger partial charge in [0.1, 0.15) is 5.84 Å². The Morgan fingerprint density at radius 3 is 2.20 bits per heavy atom. The van der Waals surface area contributed by atoms with Gasteiger partial charge in [0.25, 0.3) is 0 Å². The standard InChI is InChI=1S/C21H22N2.2ClH/c1-3-9-17(10-4-1)19-14-13-18-11-5-6-12-20(18)22-21(19)23-15-7-2-8-16-23;;/h1,3-6,9-12,14H,2,7-8,13,15-16H2;2*1H. The first kappa shape index (κ1) is 19.6. The van der Waals surface area contributed by atoms with Gasteiger partial charge in [-0.15, -0.1) is 24.8 Å². The zero-order valence-electron chi connectivity index (χ0n) is 14.2. The summed E-state index contributed by atoms with van der Waals surface area (Å²) >= 11 is 0. The second kappa shape index (κ2) is 9.07. The number of likely N-dealkylation sites (tertiary alicyclic amines) is 1. The highest BCUT2D eigenvalue weighted by Crippen LogP contribution is 2.30. The summed E-state index contributed by atoms with van der Waals surface area (Å²) in [4.78, 5) is 7.57. The molecule has 2 aliphatic heterocycles. The molecule has 1 fully saturated rings. The fraction of sp³-hybridized carbons (Fsp3) is 0.286. The molecule has 25 heavy (non-hydrogen) atoms. The van der Waals surface area contributed by atoms with E-state index in [2.05, 4.69) is 65.6 Å². The lowest BCUT2D eigenvalue weighted by atomic mass is 10.0. The Balaban J connectivity index is 0.00000113. The van der Waals surface area contributed by atoms with Crippen molar-refractivity contribution in [1.82, 2.24) is 4.90 Å². The van der Waals surface area contributed by atoms with E-state index in [1.807, 2.05) is 0 Å². The predicted molar refractivity (Wildman–Crippen MR) is 112 cm³/mol. The average Bonchev–Trinajstić information content (AvgIpc) is 2.83. The smallest absolute Gasteiger partial charge is 0.136 e. The minimum Gasteiger partial charge on any atom is -0.356 e. The van der Waals surface area contributed by atoms with E-state index in [1.165, 1.54) is 36.0 Å². The molecule has 2 aromatic rings. The summed E-state index contributed by atoms with van der Waals surface area (Å²) in [7, 11) is 0. The molecule has 0 aromatic heterocycles. The number of para-hydroxylation sites is 1. The van der Waals surface area contributed by atoms with E-state index in [0.29, 0.717) is 0 Å². The SMILES string of the molecule is C1=C(c2ccccc2)C(N2CCCCC2)=Nc2ccccc2C1.Cl.Cl. The molecule has 1 saturated heterocycles. The molecule has 4 heteroatoms. The Kier molecular flexibility index (Phi) is 7.10. The molecule has 0 unspecified atom stereocenters. The predicted octanol–water partition coefficient (Wildman–Crippen LogP) is 5.69. The molecule has 2 aliphatic rings. The van der Waals surface area contributed by atoms with Crippen molar-refractivity contribution < 1.29 is 0 Å². The third-order valence-electron chi connectivity index (χ3n) is 4.73. The molecule has 2 nitrogen and oxygen atoms in total. The van der Waals surface area contributed by atoms with E-state index in [-0.39, 0.29) is 24.8 Å². The van der Waals surface area contributed by atoms with Gasteiger partial charge in [0.15, 0.2) is 0 Å². The van der Waals surface area contributed by atoms with Crippen LogP contribution in [-0.2, 0) is 6.42 Å². The van der Waals surface area contributed by atoms with Crippen molar-refractivity contribution in [2.24, 2.45) is 4.99 Å². The molecular weight excluding hydrogens is 351 g/mol. The third kappa shape index (κ3) is 4.26. The van der Waals surface area contributed by atoms with Crippen LogP contribution < -0.4 is 0 Å². The van der Waals surface area contributed by atoms with Gasteiger partial charge in [0.05, 0.1) is 5.69 Å². The van der Waals surface area contributed by atoms with Gasteiger partial charge in [-0.1, -0.05) is 54.6 Å². The summed E-state index contributed by atoms with van der Waals surface area (Å²) in [6, 6.07) is 19.2. The fourth-order valence-corrected chi connectivity index (χ4v) is 3.48. The van der Waals surface area contributed by atoms with Crippen LogP contribution in [0.3, 0.4) is 0 Å². The Morgan fingerprint density at radius 2 is 1.44 bits per heavy atom. The highest BCUT2D eigenvalue weighted by molar-refractivity contribution is 6.23. The van der Waals surface area contributed by atoms with Crippen molar-refractivity contribution in [2.45, 2.75) is 25.7 Å². The number of hydrogen-bond donors (Lipinski definition) is 0. The number of aliphatic imine (C=N–C) groups is 1. The molecule has 132 valence electrons. The molecule has 2 heterocycles. The van der Waals surface area contributed by atoms with E-state index in [1.54, 1.807) is 0 Å². The summed E-state index contributed by atoms with van der Waals surface area (Å²) in [5.74, 6) is 1.15. The molecule has 0 amide bonds. The summed E-state index contributed by atoms with van der Waals surface area (Å²) in [6.07, 6.45) is 7.17. The van der Waals surface area contributed by atoms with E-state index in [4.69, 9.17) is 4.99 Å².